The Bertz CT molecular complexity index is 647. The number of aromatic amines is 1. The van der Waals surface area contributed by atoms with Gasteiger partial charge < -0.3 is 15.2 Å². The van der Waals surface area contributed by atoms with Gasteiger partial charge in [0.1, 0.15) is 5.69 Å². The van der Waals surface area contributed by atoms with Gasteiger partial charge in [-0.05, 0) is 32.2 Å². The van der Waals surface area contributed by atoms with Gasteiger partial charge in [0, 0.05) is 31.0 Å². The molecule has 0 radical (unpaired) electrons. The number of nitrogens with one attached hydrogen (secondary N) is 2. The Labute approximate surface area is 142 Å². The van der Waals surface area contributed by atoms with Crippen LogP contribution in [-0.2, 0) is 11.3 Å². The number of likely N-dealkylation sites (N-methyl/N-ethyl adjacent to an activating group) is 1. The maximum atomic E-state index is 9.89. The van der Waals surface area contributed by atoms with E-state index in [1.54, 1.807) is 6.20 Å². The highest BCUT2D eigenvalue weighted by molar-refractivity contribution is 5.53. The van der Waals surface area contributed by atoms with Crippen molar-refractivity contribution < 1.29 is 9.84 Å². The molecule has 130 valence electrons. The van der Waals surface area contributed by atoms with Crippen molar-refractivity contribution in [3.63, 3.8) is 0 Å². The Hall–Kier alpha value is -1.80. The summed E-state index contributed by atoms with van der Waals surface area (Å²) in [5.74, 6) is 0. The van der Waals surface area contributed by atoms with Gasteiger partial charge in [-0.3, -0.25) is 15.0 Å². The number of H-pyrrole nitrogens is 1. The quantitative estimate of drug-likeness (QED) is 0.720. The summed E-state index contributed by atoms with van der Waals surface area (Å²) in [6, 6.07) is 8.04. The summed E-state index contributed by atoms with van der Waals surface area (Å²) in [6.07, 6.45) is 1.76. The van der Waals surface area contributed by atoms with Crippen molar-refractivity contribution in [3.8, 4) is 11.4 Å². The van der Waals surface area contributed by atoms with E-state index in [1.807, 2.05) is 31.3 Å². The van der Waals surface area contributed by atoms with Gasteiger partial charge in [-0.2, -0.15) is 5.10 Å². The van der Waals surface area contributed by atoms with Crippen LogP contribution in [0.3, 0.4) is 0 Å². The van der Waals surface area contributed by atoms with Crippen molar-refractivity contribution in [3.05, 3.63) is 36.2 Å². The molecule has 7 nitrogen and oxygen atoms in total. The lowest BCUT2D eigenvalue weighted by Gasteiger charge is -2.47. The van der Waals surface area contributed by atoms with Crippen LogP contribution in [0.5, 0.6) is 0 Å². The van der Waals surface area contributed by atoms with Gasteiger partial charge >= 0.3 is 0 Å². The summed E-state index contributed by atoms with van der Waals surface area (Å²) < 4.78 is 5.65. The van der Waals surface area contributed by atoms with E-state index in [0.29, 0.717) is 26.3 Å². The maximum absolute atomic E-state index is 9.89. The average Bonchev–Trinajstić information content (AvgIpc) is 3.08. The van der Waals surface area contributed by atoms with Gasteiger partial charge in [0.2, 0.25) is 0 Å². The van der Waals surface area contributed by atoms with Crippen LogP contribution >= 0.6 is 0 Å². The van der Waals surface area contributed by atoms with E-state index < -0.39 is 0 Å². The first-order chi connectivity index (χ1) is 11.6. The van der Waals surface area contributed by atoms with Crippen LogP contribution in [0.15, 0.2) is 30.5 Å². The number of hydrogen-bond acceptors (Lipinski definition) is 6. The monoisotopic (exact) mass is 331 g/mol. The van der Waals surface area contributed by atoms with E-state index in [0.717, 1.165) is 17.1 Å². The molecule has 0 spiro atoms. The Morgan fingerprint density at radius 3 is 3.08 bits per heavy atom. The zero-order valence-corrected chi connectivity index (χ0v) is 14.2. The number of nitrogens with zero attached hydrogens (tertiary/aromatic N) is 3. The molecule has 1 saturated heterocycles. The van der Waals surface area contributed by atoms with Crippen LogP contribution in [0.1, 0.15) is 12.6 Å². The molecule has 2 aromatic heterocycles. The topological polar surface area (TPSA) is 86.3 Å². The smallest absolute Gasteiger partial charge is 0.111 e. The zero-order valence-electron chi connectivity index (χ0n) is 14.2. The highest BCUT2D eigenvalue weighted by Gasteiger charge is 2.39. The van der Waals surface area contributed by atoms with Gasteiger partial charge in [-0.25, -0.2) is 0 Å². The van der Waals surface area contributed by atoms with Gasteiger partial charge in [-0.15, -0.1) is 0 Å². The molecule has 0 saturated carbocycles. The number of ether oxygens (including phenoxy) is 1. The molecule has 0 unspecified atom stereocenters. The molecule has 0 amide bonds. The predicted molar refractivity (Wildman–Crippen MR) is 91.4 cm³/mol. The van der Waals surface area contributed by atoms with Gasteiger partial charge in [0.25, 0.3) is 0 Å². The summed E-state index contributed by atoms with van der Waals surface area (Å²) >= 11 is 0. The van der Waals surface area contributed by atoms with Crippen LogP contribution in [0.2, 0.25) is 0 Å². The average molecular weight is 331 g/mol. The second-order valence-corrected chi connectivity index (χ2v) is 6.45. The van der Waals surface area contributed by atoms with Crippen LogP contribution in [0.25, 0.3) is 11.4 Å². The molecule has 3 N–H and O–H groups in total. The van der Waals surface area contributed by atoms with Crippen molar-refractivity contribution in [2.75, 3.05) is 33.4 Å². The minimum atomic E-state index is -0.387. The molecule has 1 aliphatic rings. The predicted octanol–water partition coefficient (Wildman–Crippen LogP) is 0.643. The molecular weight excluding hydrogens is 306 g/mol. The summed E-state index contributed by atoms with van der Waals surface area (Å²) in [5, 5.41) is 20.6. The summed E-state index contributed by atoms with van der Waals surface area (Å²) in [5.41, 5.74) is 2.27. The van der Waals surface area contributed by atoms with Gasteiger partial charge in [-0.1, -0.05) is 6.07 Å². The maximum Gasteiger partial charge on any atom is 0.111 e. The van der Waals surface area contributed by atoms with Crippen molar-refractivity contribution >= 4 is 0 Å². The zero-order chi connectivity index (χ0) is 17.0. The number of hydrogen-bond donors (Lipinski definition) is 3. The van der Waals surface area contributed by atoms with E-state index in [1.165, 1.54) is 0 Å². The molecule has 1 aliphatic heterocycles. The molecule has 2 aromatic rings. The molecule has 2 atom stereocenters. The van der Waals surface area contributed by atoms with E-state index in [2.05, 4.69) is 32.3 Å². The fraction of sp³-hybridized carbons (Fsp3) is 0.529. The third kappa shape index (κ3) is 3.49. The molecule has 1 fully saturated rings. The fourth-order valence-corrected chi connectivity index (χ4v) is 3.02. The lowest BCUT2D eigenvalue weighted by atomic mass is 9.96. The van der Waals surface area contributed by atoms with Crippen LogP contribution < -0.4 is 5.32 Å². The number of pyridine rings is 1. The molecule has 3 rings (SSSR count). The Kier molecular flexibility index (Phi) is 5.25. The van der Waals surface area contributed by atoms with Crippen molar-refractivity contribution in [2.45, 2.75) is 25.0 Å². The Morgan fingerprint density at radius 2 is 2.33 bits per heavy atom. The largest absolute Gasteiger partial charge is 0.394 e. The molecular formula is C17H25N5O2. The van der Waals surface area contributed by atoms with Crippen molar-refractivity contribution in [1.29, 1.82) is 0 Å². The highest BCUT2D eigenvalue weighted by Crippen LogP contribution is 2.22. The fourth-order valence-electron chi connectivity index (χ4n) is 3.02. The van der Waals surface area contributed by atoms with Gasteiger partial charge in [0.05, 0.1) is 31.1 Å². The molecule has 0 aromatic carbocycles. The minimum Gasteiger partial charge on any atom is -0.394 e. The van der Waals surface area contributed by atoms with Crippen LogP contribution in [0, 0.1) is 0 Å². The van der Waals surface area contributed by atoms with E-state index >= 15 is 0 Å². The second-order valence-electron chi connectivity index (χ2n) is 6.45. The minimum absolute atomic E-state index is 0.0585. The molecule has 3 heterocycles. The number of aliphatic hydroxyl groups excluding tert-OH is 1. The number of aromatic nitrogens is 3. The molecule has 0 aliphatic carbocycles. The third-order valence-electron chi connectivity index (χ3n) is 4.76. The van der Waals surface area contributed by atoms with Crippen LogP contribution in [-0.4, -0.2) is 70.2 Å². The lowest BCUT2D eigenvalue weighted by Crippen LogP contribution is -2.65. The first-order valence-electron chi connectivity index (χ1n) is 8.22. The van der Waals surface area contributed by atoms with E-state index in [-0.39, 0.29) is 18.2 Å². The summed E-state index contributed by atoms with van der Waals surface area (Å²) in [4.78, 5) is 6.50. The second kappa shape index (κ2) is 7.40. The summed E-state index contributed by atoms with van der Waals surface area (Å²) in [7, 11) is 2.04. The summed E-state index contributed by atoms with van der Waals surface area (Å²) in [6.45, 7) is 4.68. The van der Waals surface area contributed by atoms with Crippen molar-refractivity contribution in [2.24, 2.45) is 0 Å². The molecule has 0 bridgehead atoms. The first-order valence-corrected chi connectivity index (χ1v) is 8.22. The van der Waals surface area contributed by atoms with Gasteiger partial charge in [0.15, 0.2) is 0 Å². The standard InChI is InChI=1S/C17H25N5O2/c1-13-9-24-12-17(11-23,22(13)2)10-18-8-14-7-16(21-20-14)15-5-3-4-6-19-15/h3-7,13,18,23H,8-12H2,1-2H3,(H,20,21)/t13-,17+/m1/s1. The highest BCUT2D eigenvalue weighted by atomic mass is 16.5. The Morgan fingerprint density at radius 1 is 1.46 bits per heavy atom. The first kappa shape index (κ1) is 17.0. The number of morpholine rings is 1. The number of rotatable bonds is 6. The van der Waals surface area contributed by atoms with Crippen LogP contribution in [0.4, 0.5) is 0 Å². The van der Waals surface area contributed by atoms with E-state index in [9.17, 15) is 5.11 Å². The molecule has 24 heavy (non-hydrogen) atoms. The normalized spacial score (nSPS) is 25.0. The Balaban J connectivity index is 1.59. The lowest BCUT2D eigenvalue weighted by molar-refractivity contribution is -0.106. The van der Waals surface area contributed by atoms with Crippen molar-refractivity contribution in [1.82, 2.24) is 25.4 Å². The molecule has 7 heteroatoms. The third-order valence-corrected chi connectivity index (χ3v) is 4.76. The van der Waals surface area contributed by atoms with E-state index in [4.69, 9.17) is 4.74 Å². The SMILES string of the molecule is C[C@@H]1COC[C@@](CO)(CNCc2cc(-c3ccccn3)n[nH]2)N1C. The number of aliphatic hydroxyl groups is 1.